The second-order valence-electron chi connectivity index (χ2n) is 8.06. The Kier molecular flexibility index (Phi) is 6.71. The molecule has 1 heterocycles. The molecule has 2 aromatic carbocycles. The van der Waals surface area contributed by atoms with E-state index in [4.69, 9.17) is 0 Å². The van der Waals surface area contributed by atoms with Crippen molar-refractivity contribution in [2.75, 3.05) is 4.90 Å². The van der Waals surface area contributed by atoms with Gasteiger partial charge in [-0.25, -0.2) is 8.78 Å². The molecule has 1 saturated carbocycles. The van der Waals surface area contributed by atoms with Crippen molar-refractivity contribution in [3.8, 4) is 11.4 Å². The topological polar surface area (TPSA) is 93.0 Å². The highest BCUT2D eigenvalue weighted by atomic mass is 19.1. The van der Waals surface area contributed by atoms with Crippen LogP contribution in [0.4, 0.5) is 14.5 Å². The van der Waals surface area contributed by atoms with E-state index in [2.05, 4.69) is 20.7 Å². The van der Waals surface area contributed by atoms with Gasteiger partial charge in [-0.1, -0.05) is 12.8 Å². The number of anilines is 1. The molecule has 1 atom stereocenters. The van der Waals surface area contributed by atoms with Crippen LogP contribution in [0.1, 0.15) is 32.6 Å². The summed E-state index contributed by atoms with van der Waals surface area (Å²) in [5, 5.41) is 15.0. The summed E-state index contributed by atoms with van der Waals surface area (Å²) in [5.41, 5.74) is 0.934. The molecular weight excluding hydrogens is 430 g/mol. The maximum absolute atomic E-state index is 13.5. The molecule has 0 radical (unpaired) electrons. The van der Waals surface area contributed by atoms with Crippen molar-refractivity contribution in [1.29, 1.82) is 0 Å². The van der Waals surface area contributed by atoms with E-state index in [0.717, 1.165) is 30.5 Å². The molecule has 10 heteroatoms. The fraction of sp³-hybridized carbons (Fsp3) is 0.348. The first-order valence-corrected chi connectivity index (χ1v) is 10.8. The van der Waals surface area contributed by atoms with Crippen molar-refractivity contribution < 1.29 is 18.4 Å². The lowest BCUT2D eigenvalue weighted by Gasteiger charge is -2.29. The number of nitrogens with one attached hydrogen (secondary N) is 1. The number of carbonyl (C=O) groups excluding carboxylic acids is 2. The normalized spacial score (nSPS) is 14.8. The second-order valence-corrected chi connectivity index (χ2v) is 8.06. The van der Waals surface area contributed by atoms with Crippen LogP contribution < -0.4 is 10.2 Å². The van der Waals surface area contributed by atoms with Gasteiger partial charge in [-0.2, -0.15) is 4.80 Å². The van der Waals surface area contributed by atoms with Gasteiger partial charge in [-0.3, -0.25) is 14.5 Å². The largest absolute Gasteiger partial charge is 0.352 e. The third kappa shape index (κ3) is 5.39. The Labute approximate surface area is 189 Å². The summed E-state index contributed by atoms with van der Waals surface area (Å²) in [6, 6.07) is 10.2. The summed E-state index contributed by atoms with van der Waals surface area (Å²) < 4.78 is 26.6. The zero-order valence-corrected chi connectivity index (χ0v) is 18.1. The van der Waals surface area contributed by atoms with Crippen LogP contribution in [0.25, 0.3) is 11.4 Å². The molecule has 2 amide bonds. The molecule has 1 aromatic heterocycles. The Bertz CT molecular complexity index is 1110. The Morgan fingerprint density at radius 3 is 2.30 bits per heavy atom. The molecule has 1 N–H and O–H groups in total. The Balaban J connectivity index is 1.53. The number of amides is 2. The number of hydrogen-bond acceptors (Lipinski definition) is 5. The van der Waals surface area contributed by atoms with Crippen LogP contribution in [-0.4, -0.2) is 44.1 Å². The van der Waals surface area contributed by atoms with Crippen LogP contribution in [-0.2, 0) is 16.1 Å². The van der Waals surface area contributed by atoms with Gasteiger partial charge in [0.15, 0.2) is 0 Å². The van der Waals surface area contributed by atoms with Crippen molar-refractivity contribution in [3.63, 3.8) is 0 Å². The van der Waals surface area contributed by atoms with Crippen molar-refractivity contribution in [2.24, 2.45) is 0 Å². The highest BCUT2D eigenvalue weighted by Crippen LogP contribution is 2.21. The number of carbonyl (C=O) groups is 2. The lowest BCUT2D eigenvalue weighted by molar-refractivity contribution is -0.127. The predicted octanol–water partition coefficient (Wildman–Crippen LogP) is 3.10. The zero-order valence-electron chi connectivity index (χ0n) is 18.1. The van der Waals surface area contributed by atoms with E-state index in [0.29, 0.717) is 11.3 Å². The van der Waals surface area contributed by atoms with Gasteiger partial charge >= 0.3 is 0 Å². The van der Waals surface area contributed by atoms with E-state index in [1.54, 1.807) is 6.92 Å². The minimum atomic E-state index is -0.830. The van der Waals surface area contributed by atoms with Crippen molar-refractivity contribution in [3.05, 3.63) is 60.2 Å². The third-order valence-electron chi connectivity index (χ3n) is 5.67. The van der Waals surface area contributed by atoms with Gasteiger partial charge in [-0.15, -0.1) is 10.2 Å². The standard InChI is InChI=1S/C23H24F2N6O2/c1-15(23(33)26-19-4-2-3-5-19)31(20-12-10-18(25)11-13-20)21(32)14-30-28-22(27-29-30)16-6-8-17(24)9-7-16/h6-13,15,19H,2-5,14H2,1H3,(H,26,33)/t15-/m0/s1. The maximum atomic E-state index is 13.5. The first kappa shape index (κ1) is 22.5. The molecule has 0 unspecified atom stereocenters. The minimum absolute atomic E-state index is 0.0976. The molecule has 172 valence electrons. The number of benzene rings is 2. The molecule has 3 aromatic rings. The van der Waals surface area contributed by atoms with Crippen LogP contribution in [0, 0.1) is 11.6 Å². The van der Waals surface area contributed by atoms with Crippen LogP contribution in [0.5, 0.6) is 0 Å². The monoisotopic (exact) mass is 454 g/mol. The first-order chi connectivity index (χ1) is 15.9. The molecule has 1 aliphatic rings. The number of tetrazole rings is 1. The molecule has 33 heavy (non-hydrogen) atoms. The molecule has 0 bridgehead atoms. The summed E-state index contributed by atoms with van der Waals surface area (Å²) in [6.45, 7) is 1.34. The number of hydrogen-bond donors (Lipinski definition) is 1. The van der Waals surface area contributed by atoms with Gasteiger partial charge in [0.1, 0.15) is 24.2 Å². The second kappa shape index (κ2) is 9.85. The van der Waals surface area contributed by atoms with Gasteiger partial charge in [0, 0.05) is 17.3 Å². The van der Waals surface area contributed by atoms with Gasteiger partial charge < -0.3 is 5.32 Å². The maximum Gasteiger partial charge on any atom is 0.251 e. The minimum Gasteiger partial charge on any atom is -0.352 e. The van der Waals surface area contributed by atoms with E-state index in [1.807, 2.05) is 0 Å². The fourth-order valence-corrected chi connectivity index (χ4v) is 3.92. The van der Waals surface area contributed by atoms with Gasteiger partial charge in [0.25, 0.3) is 5.91 Å². The SMILES string of the molecule is C[C@@H](C(=O)NC1CCCC1)N(C(=O)Cn1nnc(-c2ccc(F)cc2)n1)c1ccc(F)cc1. The summed E-state index contributed by atoms with van der Waals surface area (Å²) in [5.74, 6) is -1.34. The predicted molar refractivity (Wildman–Crippen MR) is 117 cm³/mol. The van der Waals surface area contributed by atoms with E-state index in [9.17, 15) is 18.4 Å². The van der Waals surface area contributed by atoms with Crippen LogP contribution >= 0.6 is 0 Å². The molecule has 1 aliphatic carbocycles. The Morgan fingerprint density at radius 2 is 1.67 bits per heavy atom. The number of nitrogens with zero attached hydrogens (tertiary/aromatic N) is 5. The Hall–Kier alpha value is -3.69. The lowest BCUT2D eigenvalue weighted by Crippen LogP contribution is -2.51. The van der Waals surface area contributed by atoms with Crippen molar-refractivity contribution in [1.82, 2.24) is 25.5 Å². The highest BCUT2D eigenvalue weighted by molar-refractivity contribution is 6.00. The van der Waals surface area contributed by atoms with E-state index in [-0.39, 0.29) is 30.1 Å². The molecule has 0 spiro atoms. The smallest absolute Gasteiger partial charge is 0.251 e. The number of rotatable bonds is 7. The van der Waals surface area contributed by atoms with Gasteiger partial charge in [-0.05, 0) is 73.5 Å². The summed E-state index contributed by atoms with van der Waals surface area (Å²) in [7, 11) is 0. The average molecular weight is 454 g/mol. The van der Waals surface area contributed by atoms with Crippen LogP contribution in [0.3, 0.4) is 0 Å². The Morgan fingerprint density at radius 1 is 1.06 bits per heavy atom. The molecule has 0 saturated heterocycles. The van der Waals surface area contributed by atoms with Crippen molar-refractivity contribution >= 4 is 17.5 Å². The zero-order chi connectivity index (χ0) is 23.4. The van der Waals surface area contributed by atoms with E-state index >= 15 is 0 Å². The molecule has 0 aliphatic heterocycles. The molecular formula is C23H24F2N6O2. The summed E-state index contributed by atoms with van der Waals surface area (Å²) in [4.78, 5) is 28.6. The third-order valence-corrected chi connectivity index (χ3v) is 5.67. The van der Waals surface area contributed by atoms with Crippen LogP contribution in [0.15, 0.2) is 48.5 Å². The first-order valence-electron chi connectivity index (χ1n) is 10.8. The number of aromatic nitrogens is 4. The van der Waals surface area contributed by atoms with Crippen LogP contribution in [0.2, 0.25) is 0 Å². The lowest BCUT2D eigenvalue weighted by atomic mass is 10.1. The average Bonchev–Trinajstić information content (AvgIpc) is 3.48. The molecule has 1 fully saturated rings. The molecule has 4 rings (SSSR count). The van der Waals surface area contributed by atoms with Crippen molar-refractivity contribution in [2.45, 2.75) is 51.2 Å². The van der Waals surface area contributed by atoms with Gasteiger partial charge in [0.05, 0.1) is 0 Å². The molecule has 8 nitrogen and oxygen atoms in total. The van der Waals surface area contributed by atoms with E-state index < -0.39 is 17.8 Å². The highest BCUT2D eigenvalue weighted by Gasteiger charge is 2.30. The summed E-state index contributed by atoms with van der Waals surface area (Å²) in [6.07, 6.45) is 3.96. The fourth-order valence-electron chi connectivity index (χ4n) is 3.92. The quantitative estimate of drug-likeness (QED) is 0.592. The van der Waals surface area contributed by atoms with E-state index in [1.165, 1.54) is 53.4 Å². The summed E-state index contributed by atoms with van der Waals surface area (Å²) >= 11 is 0. The van der Waals surface area contributed by atoms with Gasteiger partial charge in [0.2, 0.25) is 11.7 Å². The number of halogens is 2.